The Kier molecular flexibility index (Phi) is 3.05. The van der Waals surface area contributed by atoms with Gasteiger partial charge in [-0.25, -0.2) is 9.40 Å². The van der Waals surface area contributed by atoms with Gasteiger partial charge in [-0.3, -0.25) is 14.8 Å². The third-order valence-electron chi connectivity index (χ3n) is 4.17. The smallest absolute Gasteiger partial charge is 0.279 e. The van der Waals surface area contributed by atoms with Gasteiger partial charge in [0.1, 0.15) is 5.82 Å². The molecule has 0 aliphatic carbocycles. The third kappa shape index (κ3) is 1.84. The molecule has 2 aromatic carbocycles. The van der Waals surface area contributed by atoms with E-state index in [0.717, 1.165) is 11.1 Å². The van der Waals surface area contributed by atoms with Gasteiger partial charge in [-0.2, -0.15) is 5.01 Å². The highest BCUT2D eigenvalue weighted by atomic mass is 19.1. The van der Waals surface area contributed by atoms with Crippen molar-refractivity contribution in [3.63, 3.8) is 0 Å². The van der Waals surface area contributed by atoms with Gasteiger partial charge in [0.25, 0.3) is 11.8 Å². The number of nitrogens with zero attached hydrogens (tertiary/aromatic N) is 4. The summed E-state index contributed by atoms with van der Waals surface area (Å²) in [4.78, 5) is 26.7. The van der Waals surface area contributed by atoms with Gasteiger partial charge in [-0.15, -0.1) is 0 Å². The van der Waals surface area contributed by atoms with Crippen molar-refractivity contribution in [1.82, 2.24) is 5.28 Å². The van der Waals surface area contributed by atoms with E-state index < -0.39 is 23.7 Å². The van der Waals surface area contributed by atoms with E-state index in [1.807, 2.05) is 0 Å². The summed E-state index contributed by atoms with van der Waals surface area (Å²) >= 11 is 0. The van der Waals surface area contributed by atoms with Crippen molar-refractivity contribution in [2.75, 3.05) is 22.0 Å². The minimum absolute atomic E-state index is 0.129. The van der Waals surface area contributed by atoms with Crippen molar-refractivity contribution in [3.8, 4) is 0 Å². The summed E-state index contributed by atoms with van der Waals surface area (Å²) in [6, 6.07) is 10.9. The van der Waals surface area contributed by atoms with Crippen LogP contribution in [0.4, 0.5) is 21.5 Å². The summed E-state index contributed by atoms with van der Waals surface area (Å²) < 4.78 is 13.5. The molecule has 2 aliphatic heterocycles. The Morgan fingerprint density at radius 1 is 1.00 bits per heavy atom. The molecule has 1 atom stereocenters. The molecule has 0 aromatic heterocycles. The number of hydrazine groups is 2. The number of halogens is 1. The Hall–Kier alpha value is -2.97. The molecule has 24 heavy (non-hydrogen) atoms. The lowest BCUT2D eigenvalue weighted by atomic mass is 10.1. The topological polar surface area (TPSA) is 67.3 Å². The SMILES string of the molecule is CN1C(=O)C2C(=O)N(c3cccc(F)c3)N(O)N2c2ccccc21. The van der Waals surface area contributed by atoms with Crippen LogP contribution in [0.5, 0.6) is 0 Å². The minimum Gasteiger partial charge on any atom is -0.311 e. The van der Waals surface area contributed by atoms with Crippen molar-refractivity contribution in [2.45, 2.75) is 6.04 Å². The summed E-state index contributed by atoms with van der Waals surface area (Å²) in [7, 11) is 1.57. The van der Waals surface area contributed by atoms with Crippen LogP contribution >= 0.6 is 0 Å². The average Bonchev–Trinajstić information content (AvgIpc) is 2.84. The number of rotatable bonds is 1. The molecule has 1 unspecified atom stereocenters. The van der Waals surface area contributed by atoms with Gasteiger partial charge < -0.3 is 4.90 Å². The monoisotopic (exact) mass is 328 g/mol. The molecular weight excluding hydrogens is 315 g/mol. The third-order valence-corrected chi connectivity index (χ3v) is 4.17. The number of anilines is 3. The zero-order chi connectivity index (χ0) is 17.0. The lowest BCUT2D eigenvalue weighted by Crippen LogP contribution is -2.54. The quantitative estimate of drug-likeness (QED) is 0.805. The Morgan fingerprint density at radius 2 is 1.71 bits per heavy atom. The van der Waals surface area contributed by atoms with E-state index in [0.29, 0.717) is 16.7 Å². The second-order valence-electron chi connectivity index (χ2n) is 5.53. The molecule has 2 aliphatic rings. The lowest BCUT2D eigenvalue weighted by Gasteiger charge is -2.37. The summed E-state index contributed by atoms with van der Waals surface area (Å²) in [5.74, 6) is -1.69. The maximum atomic E-state index is 13.5. The van der Waals surface area contributed by atoms with E-state index >= 15 is 0 Å². The van der Waals surface area contributed by atoms with E-state index in [9.17, 15) is 19.2 Å². The number of hydrogen-bond donors (Lipinski definition) is 1. The number of carbonyl (C=O) groups is 2. The van der Waals surface area contributed by atoms with Gasteiger partial charge >= 0.3 is 0 Å². The fourth-order valence-corrected chi connectivity index (χ4v) is 3.04. The molecule has 0 radical (unpaired) electrons. The van der Waals surface area contributed by atoms with Crippen LogP contribution in [0, 0.1) is 5.82 Å². The fourth-order valence-electron chi connectivity index (χ4n) is 3.04. The van der Waals surface area contributed by atoms with Gasteiger partial charge in [-0.1, -0.05) is 18.2 Å². The number of likely N-dealkylation sites (N-methyl/N-ethyl adjacent to an activating group) is 1. The number of amides is 2. The number of hydrogen-bond acceptors (Lipinski definition) is 5. The maximum absolute atomic E-state index is 13.5. The summed E-state index contributed by atoms with van der Waals surface area (Å²) in [5, 5.41) is 13.2. The highest BCUT2D eigenvalue weighted by Gasteiger charge is 2.54. The molecule has 0 spiro atoms. The van der Waals surface area contributed by atoms with Crippen molar-refractivity contribution in [1.29, 1.82) is 0 Å². The van der Waals surface area contributed by atoms with Crippen molar-refractivity contribution in [3.05, 3.63) is 54.3 Å². The molecule has 7 nitrogen and oxygen atoms in total. The van der Waals surface area contributed by atoms with Gasteiger partial charge in [-0.05, 0) is 30.3 Å². The Morgan fingerprint density at radius 3 is 2.42 bits per heavy atom. The first-order valence-corrected chi connectivity index (χ1v) is 7.25. The zero-order valence-corrected chi connectivity index (χ0v) is 12.6. The predicted octanol–water partition coefficient (Wildman–Crippen LogP) is 1.55. The number of fused-ring (bicyclic) bond motifs is 3. The average molecular weight is 328 g/mol. The van der Waals surface area contributed by atoms with Gasteiger partial charge in [0.05, 0.1) is 17.1 Å². The van der Waals surface area contributed by atoms with Gasteiger partial charge in [0.2, 0.25) is 6.04 Å². The summed E-state index contributed by atoms with van der Waals surface area (Å²) in [6.07, 6.45) is 0. The normalized spacial score (nSPS) is 20.5. The Bertz CT molecular complexity index is 859. The summed E-state index contributed by atoms with van der Waals surface area (Å²) in [5.41, 5.74) is 1.19. The van der Waals surface area contributed by atoms with E-state index in [2.05, 4.69) is 0 Å². The predicted molar refractivity (Wildman–Crippen MR) is 83.6 cm³/mol. The zero-order valence-electron chi connectivity index (χ0n) is 12.6. The second-order valence-corrected chi connectivity index (χ2v) is 5.53. The molecule has 1 saturated heterocycles. The Balaban J connectivity index is 1.86. The molecule has 122 valence electrons. The highest BCUT2D eigenvalue weighted by molar-refractivity contribution is 6.22. The minimum atomic E-state index is -1.24. The van der Waals surface area contributed by atoms with Crippen LogP contribution in [-0.4, -0.2) is 35.4 Å². The van der Waals surface area contributed by atoms with Crippen LogP contribution in [0.25, 0.3) is 0 Å². The van der Waals surface area contributed by atoms with Crippen LogP contribution in [-0.2, 0) is 9.59 Å². The fraction of sp³-hybridized carbons (Fsp3) is 0.125. The summed E-state index contributed by atoms with van der Waals surface area (Å²) in [6.45, 7) is 0. The van der Waals surface area contributed by atoms with Crippen LogP contribution in [0.2, 0.25) is 0 Å². The van der Waals surface area contributed by atoms with Crippen LogP contribution in [0.1, 0.15) is 0 Å². The van der Waals surface area contributed by atoms with Gasteiger partial charge in [0, 0.05) is 12.3 Å². The number of benzene rings is 2. The highest BCUT2D eigenvalue weighted by Crippen LogP contribution is 2.40. The van der Waals surface area contributed by atoms with E-state index in [4.69, 9.17) is 0 Å². The van der Waals surface area contributed by atoms with Crippen LogP contribution < -0.4 is 14.9 Å². The molecule has 1 N–H and O–H groups in total. The van der Waals surface area contributed by atoms with E-state index in [1.165, 1.54) is 28.1 Å². The van der Waals surface area contributed by atoms with E-state index in [-0.39, 0.29) is 5.69 Å². The Labute approximate surface area is 136 Å². The first-order valence-electron chi connectivity index (χ1n) is 7.25. The number of para-hydroxylation sites is 2. The van der Waals surface area contributed by atoms with Crippen molar-refractivity contribution in [2.24, 2.45) is 0 Å². The van der Waals surface area contributed by atoms with E-state index in [1.54, 1.807) is 31.3 Å². The first-order chi connectivity index (χ1) is 11.5. The van der Waals surface area contributed by atoms with Gasteiger partial charge in [0.15, 0.2) is 0 Å². The molecule has 4 rings (SSSR count). The molecule has 0 saturated carbocycles. The van der Waals surface area contributed by atoms with Crippen LogP contribution in [0.3, 0.4) is 0 Å². The standard InChI is InChI=1S/C16H13FN4O3/c1-18-12-7-2-3-8-13(12)20-14(15(18)22)16(23)19(21(20)24)11-6-4-5-10(17)9-11/h2-9,14,24H,1H3. The molecule has 2 amide bonds. The van der Waals surface area contributed by atoms with Crippen LogP contribution in [0.15, 0.2) is 48.5 Å². The first kappa shape index (κ1) is 14.6. The second kappa shape index (κ2) is 5.02. The number of carbonyl (C=O) groups excluding carboxylic acids is 2. The molecule has 2 heterocycles. The molecule has 1 fully saturated rings. The molecule has 8 heteroatoms. The molecule has 0 bridgehead atoms. The van der Waals surface area contributed by atoms with Crippen molar-refractivity contribution < 1.29 is 19.2 Å². The lowest BCUT2D eigenvalue weighted by molar-refractivity contribution is -0.128. The molecule has 2 aromatic rings. The largest absolute Gasteiger partial charge is 0.311 e. The molecular formula is C16H13FN4O3. The maximum Gasteiger partial charge on any atom is 0.279 e. The van der Waals surface area contributed by atoms with Crippen molar-refractivity contribution >= 4 is 28.9 Å².